The molecule has 5 heteroatoms. The second-order valence-electron chi connectivity index (χ2n) is 6.76. The van der Waals surface area contributed by atoms with E-state index in [0.717, 1.165) is 41.9 Å². The maximum Gasteiger partial charge on any atom is 0.135 e. The molecule has 0 radical (unpaired) electrons. The lowest BCUT2D eigenvalue weighted by atomic mass is 9.95. The molecule has 23 heavy (non-hydrogen) atoms. The van der Waals surface area contributed by atoms with Gasteiger partial charge in [0.05, 0.1) is 0 Å². The molecule has 0 bridgehead atoms. The number of para-hydroxylation sites is 1. The van der Waals surface area contributed by atoms with Crippen LogP contribution in [0.4, 0.5) is 17.3 Å². The van der Waals surface area contributed by atoms with Gasteiger partial charge in [-0.1, -0.05) is 25.1 Å². The summed E-state index contributed by atoms with van der Waals surface area (Å²) >= 11 is 0. The van der Waals surface area contributed by atoms with Crippen molar-refractivity contribution in [3.63, 3.8) is 0 Å². The molecule has 1 unspecified atom stereocenters. The zero-order valence-corrected chi connectivity index (χ0v) is 13.3. The van der Waals surface area contributed by atoms with Crippen molar-refractivity contribution in [1.82, 2.24) is 9.97 Å². The summed E-state index contributed by atoms with van der Waals surface area (Å²) in [4.78, 5) is 11.2. The van der Waals surface area contributed by atoms with Crippen LogP contribution in [0.15, 0.2) is 36.7 Å². The molecule has 2 N–H and O–H groups in total. The van der Waals surface area contributed by atoms with Gasteiger partial charge in [0, 0.05) is 36.6 Å². The highest BCUT2D eigenvalue weighted by molar-refractivity contribution is 5.87. The molecule has 1 aromatic heterocycles. The van der Waals surface area contributed by atoms with Gasteiger partial charge in [-0.15, -0.1) is 0 Å². The Labute approximate surface area is 136 Å². The van der Waals surface area contributed by atoms with E-state index in [2.05, 4.69) is 27.1 Å². The summed E-state index contributed by atoms with van der Waals surface area (Å²) < 4.78 is 0. The molecule has 1 atom stereocenters. The molecule has 1 spiro atoms. The third-order valence-electron chi connectivity index (χ3n) is 5.29. The van der Waals surface area contributed by atoms with Crippen molar-refractivity contribution in [1.29, 1.82) is 5.41 Å². The third kappa shape index (κ3) is 2.56. The van der Waals surface area contributed by atoms with Crippen molar-refractivity contribution in [3.8, 4) is 0 Å². The Morgan fingerprint density at radius 3 is 2.87 bits per heavy atom. The van der Waals surface area contributed by atoms with E-state index in [0.29, 0.717) is 5.41 Å². The zero-order chi connectivity index (χ0) is 15.9. The summed E-state index contributed by atoms with van der Waals surface area (Å²) in [5.74, 6) is 2.51. The van der Waals surface area contributed by atoms with Gasteiger partial charge in [-0.25, -0.2) is 9.97 Å². The molecule has 4 rings (SSSR count). The number of hydrogen-bond donors (Lipinski definition) is 2. The van der Waals surface area contributed by atoms with Crippen LogP contribution in [0.5, 0.6) is 0 Å². The Morgan fingerprint density at radius 1 is 1.30 bits per heavy atom. The molecule has 2 heterocycles. The molecule has 0 amide bonds. The number of anilines is 3. The molecule has 2 fully saturated rings. The average Bonchev–Trinajstić information content (AvgIpc) is 3.28. The molecule has 1 aromatic carbocycles. The van der Waals surface area contributed by atoms with Gasteiger partial charge >= 0.3 is 0 Å². The molecule has 1 saturated carbocycles. The first kappa shape index (κ1) is 14.2. The highest BCUT2D eigenvalue weighted by Crippen LogP contribution is 2.56. The average molecular weight is 307 g/mol. The van der Waals surface area contributed by atoms with Crippen LogP contribution in [0.25, 0.3) is 0 Å². The fraction of sp³-hybridized carbons (Fsp3) is 0.389. The minimum atomic E-state index is 0.547. The first-order chi connectivity index (χ1) is 11.2. The Morgan fingerprint density at radius 2 is 2.13 bits per heavy atom. The van der Waals surface area contributed by atoms with E-state index in [1.54, 1.807) is 6.33 Å². The smallest absolute Gasteiger partial charge is 0.135 e. The van der Waals surface area contributed by atoms with Crippen molar-refractivity contribution in [3.05, 3.63) is 42.2 Å². The van der Waals surface area contributed by atoms with Gasteiger partial charge in [-0.3, -0.25) is 0 Å². The predicted molar refractivity (Wildman–Crippen MR) is 92.7 cm³/mol. The SMILES string of the molecule is CC1CN(c2cc(Nc3ccccc3C=N)ncn2)CC12CC2. The van der Waals surface area contributed by atoms with Crippen LogP contribution < -0.4 is 10.2 Å². The van der Waals surface area contributed by atoms with Crippen molar-refractivity contribution >= 4 is 23.5 Å². The number of hydrogen-bond acceptors (Lipinski definition) is 5. The predicted octanol–water partition coefficient (Wildman–Crippen LogP) is 3.45. The lowest BCUT2D eigenvalue weighted by molar-refractivity contribution is 0.432. The second kappa shape index (κ2) is 5.33. The lowest BCUT2D eigenvalue weighted by Gasteiger charge is -2.18. The van der Waals surface area contributed by atoms with Gasteiger partial charge in [-0.05, 0) is 30.2 Å². The summed E-state index contributed by atoms with van der Waals surface area (Å²) in [7, 11) is 0. The maximum absolute atomic E-state index is 7.50. The number of nitrogens with one attached hydrogen (secondary N) is 2. The van der Waals surface area contributed by atoms with E-state index >= 15 is 0 Å². The maximum atomic E-state index is 7.50. The van der Waals surface area contributed by atoms with Gasteiger partial charge in [0.1, 0.15) is 18.0 Å². The molecular weight excluding hydrogens is 286 g/mol. The largest absolute Gasteiger partial charge is 0.356 e. The van der Waals surface area contributed by atoms with Crippen molar-refractivity contribution in [2.45, 2.75) is 19.8 Å². The highest BCUT2D eigenvalue weighted by Gasteiger charge is 2.53. The monoisotopic (exact) mass is 307 g/mol. The van der Waals surface area contributed by atoms with Gasteiger partial charge in [0.25, 0.3) is 0 Å². The van der Waals surface area contributed by atoms with E-state index in [4.69, 9.17) is 5.41 Å². The van der Waals surface area contributed by atoms with Crippen molar-refractivity contribution in [2.24, 2.45) is 11.3 Å². The number of benzene rings is 1. The van der Waals surface area contributed by atoms with Gasteiger partial charge < -0.3 is 15.6 Å². The standard InChI is InChI=1S/C18H21N5/c1-13-10-23(11-18(13)6-7-18)17-8-16(20-12-21-17)22-15-5-3-2-4-14(15)9-19/h2-5,8-9,12-13,19H,6-7,10-11H2,1H3,(H,20,21,22). The number of aromatic nitrogens is 2. The first-order valence-corrected chi connectivity index (χ1v) is 8.14. The normalized spacial score (nSPS) is 21.4. The Kier molecular flexibility index (Phi) is 3.29. The molecule has 2 aromatic rings. The Balaban J connectivity index is 1.56. The minimum Gasteiger partial charge on any atom is -0.356 e. The molecule has 118 valence electrons. The summed E-state index contributed by atoms with van der Waals surface area (Å²) in [6.07, 6.45) is 5.68. The second-order valence-corrected chi connectivity index (χ2v) is 6.76. The molecular formula is C18H21N5. The topological polar surface area (TPSA) is 64.9 Å². The number of nitrogens with zero attached hydrogens (tertiary/aromatic N) is 3. The quantitative estimate of drug-likeness (QED) is 0.849. The van der Waals surface area contributed by atoms with Crippen LogP contribution in [-0.4, -0.2) is 29.3 Å². The van der Waals surface area contributed by atoms with E-state index in [-0.39, 0.29) is 0 Å². The van der Waals surface area contributed by atoms with E-state index < -0.39 is 0 Å². The van der Waals surface area contributed by atoms with E-state index in [9.17, 15) is 0 Å². The van der Waals surface area contributed by atoms with Crippen LogP contribution in [0, 0.1) is 16.7 Å². The van der Waals surface area contributed by atoms with Gasteiger partial charge in [-0.2, -0.15) is 0 Å². The summed E-state index contributed by atoms with van der Waals surface area (Å²) in [5, 5.41) is 10.8. The number of rotatable bonds is 4. The Hall–Kier alpha value is -2.43. The summed E-state index contributed by atoms with van der Waals surface area (Å²) in [6.45, 7) is 4.54. The van der Waals surface area contributed by atoms with Crippen LogP contribution in [-0.2, 0) is 0 Å². The van der Waals surface area contributed by atoms with Gasteiger partial charge in [0.15, 0.2) is 0 Å². The lowest BCUT2D eigenvalue weighted by Crippen LogP contribution is -2.21. The summed E-state index contributed by atoms with van der Waals surface area (Å²) in [5.41, 5.74) is 2.28. The minimum absolute atomic E-state index is 0.547. The Bertz CT molecular complexity index is 738. The molecule has 1 saturated heterocycles. The van der Waals surface area contributed by atoms with Crippen molar-refractivity contribution < 1.29 is 0 Å². The van der Waals surface area contributed by atoms with Crippen LogP contribution in [0.1, 0.15) is 25.3 Å². The van der Waals surface area contributed by atoms with Crippen LogP contribution >= 0.6 is 0 Å². The molecule has 1 aliphatic heterocycles. The van der Waals surface area contributed by atoms with E-state index in [1.807, 2.05) is 30.3 Å². The zero-order valence-electron chi connectivity index (χ0n) is 13.3. The van der Waals surface area contributed by atoms with E-state index in [1.165, 1.54) is 19.1 Å². The third-order valence-corrected chi connectivity index (χ3v) is 5.29. The van der Waals surface area contributed by atoms with Crippen LogP contribution in [0.3, 0.4) is 0 Å². The van der Waals surface area contributed by atoms with Gasteiger partial charge in [0.2, 0.25) is 0 Å². The fourth-order valence-electron chi connectivity index (χ4n) is 3.57. The van der Waals surface area contributed by atoms with Crippen molar-refractivity contribution in [2.75, 3.05) is 23.3 Å². The highest BCUT2D eigenvalue weighted by atomic mass is 15.2. The fourth-order valence-corrected chi connectivity index (χ4v) is 3.57. The molecule has 5 nitrogen and oxygen atoms in total. The first-order valence-electron chi connectivity index (χ1n) is 8.14. The molecule has 1 aliphatic carbocycles. The van der Waals surface area contributed by atoms with Crippen LogP contribution in [0.2, 0.25) is 0 Å². The molecule has 2 aliphatic rings. The summed E-state index contributed by atoms with van der Waals surface area (Å²) in [6, 6.07) is 9.76.